The van der Waals surface area contributed by atoms with Gasteiger partial charge in [0.1, 0.15) is 6.07 Å². The van der Waals surface area contributed by atoms with Gasteiger partial charge in [0.25, 0.3) is 0 Å². The summed E-state index contributed by atoms with van der Waals surface area (Å²) in [6.07, 6.45) is 0. The third kappa shape index (κ3) is 1.14. The zero-order valence-corrected chi connectivity index (χ0v) is 7.85. The maximum atomic E-state index is 8.82. The molecule has 1 heterocycles. The van der Waals surface area contributed by atoms with Crippen LogP contribution >= 0.6 is 11.3 Å². The van der Waals surface area contributed by atoms with Gasteiger partial charge in [-0.3, -0.25) is 0 Å². The summed E-state index contributed by atoms with van der Waals surface area (Å²) >= 11 is 1.36. The van der Waals surface area contributed by atoms with Gasteiger partial charge in [-0.15, -0.1) is 0 Å². The van der Waals surface area contributed by atoms with Gasteiger partial charge in [-0.1, -0.05) is 17.4 Å². The fourth-order valence-corrected chi connectivity index (χ4v) is 2.11. The maximum absolute atomic E-state index is 8.82. The minimum atomic E-state index is 0.515. The molecule has 0 aliphatic heterocycles. The van der Waals surface area contributed by atoms with Crippen LogP contribution in [0.4, 0.5) is 5.13 Å². The number of anilines is 1. The van der Waals surface area contributed by atoms with E-state index in [1.54, 1.807) is 6.07 Å². The zero-order valence-electron chi connectivity index (χ0n) is 7.03. The predicted octanol–water partition coefficient (Wildman–Crippen LogP) is 2.06. The van der Waals surface area contributed by atoms with E-state index in [1.807, 2.05) is 13.0 Å². The number of nitrogens with two attached hydrogens (primary N) is 1. The smallest absolute Gasteiger partial charge is 0.181 e. The van der Waals surface area contributed by atoms with Crippen molar-refractivity contribution in [3.63, 3.8) is 0 Å². The number of aromatic nitrogens is 1. The SMILES string of the molecule is Cc1ccc(C#N)c2sc(N)nc12. The molecule has 0 atom stereocenters. The van der Waals surface area contributed by atoms with Crippen LogP contribution in [0, 0.1) is 18.3 Å². The number of benzene rings is 1. The first-order chi connectivity index (χ1) is 6.22. The fraction of sp³-hybridized carbons (Fsp3) is 0.111. The third-order valence-electron chi connectivity index (χ3n) is 1.88. The molecule has 64 valence electrons. The zero-order chi connectivity index (χ0) is 9.42. The van der Waals surface area contributed by atoms with Crippen molar-refractivity contribution in [3.05, 3.63) is 23.3 Å². The topological polar surface area (TPSA) is 62.7 Å². The van der Waals surface area contributed by atoms with E-state index in [0.29, 0.717) is 10.7 Å². The molecule has 2 rings (SSSR count). The van der Waals surface area contributed by atoms with Crippen molar-refractivity contribution in [2.75, 3.05) is 5.73 Å². The second-order valence-electron chi connectivity index (χ2n) is 2.77. The molecule has 2 aromatic rings. The van der Waals surface area contributed by atoms with Crippen LogP contribution in [0.5, 0.6) is 0 Å². The Morgan fingerprint density at radius 3 is 3.00 bits per heavy atom. The average Bonchev–Trinajstić information content (AvgIpc) is 2.48. The summed E-state index contributed by atoms with van der Waals surface area (Å²) in [7, 11) is 0. The standard InChI is InChI=1S/C9H7N3S/c1-5-2-3-6(4-10)8-7(5)12-9(11)13-8/h2-3H,1H3,(H2,11,12). The highest BCUT2D eigenvalue weighted by Gasteiger charge is 2.07. The molecule has 0 aliphatic rings. The van der Waals surface area contributed by atoms with E-state index in [4.69, 9.17) is 11.0 Å². The monoisotopic (exact) mass is 189 g/mol. The van der Waals surface area contributed by atoms with Crippen LogP contribution in [-0.4, -0.2) is 4.98 Å². The molecule has 13 heavy (non-hydrogen) atoms. The Morgan fingerprint density at radius 2 is 2.31 bits per heavy atom. The van der Waals surface area contributed by atoms with E-state index in [1.165, 1.54) is 11.3 Å². The van der Waals surface area contributed by atoms with Gasteiger partial charge in [-0.25, -0.2) is 4.98 Å². The van der Waals surface area contributed by atoms with Gasteiger partial charge in [-0.05, 0) is 18.6 Å². The number of hydrogen-bond acceptors (Lipinski definition) is 4. The average molecular weight is 189 g/mol. The number of nitrogens with zero attached hydrogens (tertiary/aromatic N) is 2. The second-order valence-corrected chi connectivity index (χ2v) is 3.80. The molecule has 0 saturated heterocycles. The molecule has 3 nitrogen and oxygen atoms in total. The summed E-state index contributed by atoms with van der Waals surface area (Å²) in [4.78, 5) is 4.17. The Kier molecular flexibility index (Phi) is 1.67. The highest BCUT2D eigenvalue weighted by molar-refractivity contribution is 7.22. The van der Waals surface area contributed by atoms with Gasteiger partial charge in [0.05, 0.1) is 15.8 Å². The van der Waals surface area contributed by atoms with Crippen molar-refractivity contribution >= 4 is 26.7 Å². The van der Waals surface area contributed by atoms with Crippen LogP contribution in [-0.2, 0) is 0 Å². The summed E-state index contributed by atoms with van der Waals surface area (Å²) < 4.78 is 0.889. The first kappa shape index (κ1) is 8.02. The number of thiazole rings is 1. The molecule has 0 aliphatic carbocycles. The predicted molar refractivity (Wildman–Crippen MR) is 53.5 cm³/mol. The number of hydrogen-bond donors (Lipinski definition) is 1. The molecule has 4 heteroatoms. The van der Waals surface area contributed by atoms with Crippen LogP contribution in [0.3, 0.4) is 0 Å². The summed E-state index contributed by atoms with van der Waals surface area (Å²) in [5.41, 5.74) is 8.14. The third-order valence-corrected chi connectivity index (χ3v) is 2.80. The van der Waals surface area contributed by atoms with Crippen LogP contribution < -0.4 is 5.73 Å². The minimum Gasteiger partial charge on any atom is -0.375 e. The lowest BCUT2D eigenvalue weighted by Crippen LogP contribution is -1.82. The number of nitrogen functional groups attached to an aromatic ring is 1. The van der Waals surface area contributed by atoms with E-state index in [0.717, 1.165) is 15.8 Å². The Labute approximate surface area is 79.4 Å². The Morgan fingerprint density at radius 1 is 1.54 bits per heavy atom. The Hall–Kier alpha value is -1.60. The summed E-state index contributed by atoms with van der Waals surface area (Å²) in [6.45, 7) is 1.96. The van der Waals surface area contributed by atoms with Crippen molar-refractivity contribution in [3.8, 4) is 6.07 Å². The number of aryl methyl sites for hydroxylation is 1. The molecule has 0 unspecified atom stereocenters. The number of rotatable bonds is 0. The molecule has 0 radical (unpaired) electrons. The van der Waals surface area contributed by atoms with Crippen LogP contribution in [0.15, 0.2) is 12.1 Å². The summed E-state index contributed by atoms with van der Waals surface area (Å²) in [6, 6.07) is 5.82. The van der Waals surface area contributed by atoms with Crippen LogP contribution in [0.1, 0.15) is 11.1 Å². The summed E-state index contributed by atoms with van der Waals surface area (Å²) in [5.74, 6) is 0. The van der Waals surface area contributed by atoms with Crippen LogP contribution in [0.2, 0.25) is 0 Å². The Bertz CT molecular complexity index is 507. The molecule has 1 aromatic carbocycles. The summed E-state index contributed by atoms with van der Waals surface area (Å²) in [5, 5.41) is 9.34. The van der Waals surface area contributed by atoms with Gasteiger partial charge in [0.15, 0.2) is 5.13 Å². The molecular formula is C9H7N3S. The van der Waals surface area contributed by atoms with E-state index in [9.17, 15) is 0 Å². The highest BCUT2D eigenvalue weighted by Crippen LogP contribution is 2.28. The molecule has 2 N–H and O–H groups in total. The van der Waals surface area contributed by atoms with Gasteiger partial charge >= 0.3 is 0 Å². The van der Waals surface area contributed by atoms with E-state index in [2.05, 4.69) is 11.1 Å². The molecule has 0 fully saturated rings. The lowest BCUT2D eigenvalue weighted by Gasteiger charge is -1.94. The number of nitriles is 1. The second kappa shape index (κ2) is 2.71. The minimum absolute atomic E-state index is 0.515. The van der Waals surface area contributed by atoms with Crippen LogP contribution in [0.25, 0.3) is 10.2 Å². The van der Waals surface area contributed by atoms with Gasteiger partial charge in [0.2, 0.25) is 0 Å². The van der Waals surface area contributed by atoms with E-state index >= 15 is 0 Å². The molecule has 1 aromatic heterocycles. The highest BCUT2D eigenvalue weighted by atomic mass is 32.1. The number of fused-ring (bicyclic) bond motifs is 1. The van der Waals surface area contributed by atoms with Gasteiger partial charge < -0.3 is 5.73 Å². The van der Waals surface area contributed by atoms with Gasteiger partial charge in [-0.2, -0.15) is 5.26 Å². The van der Waals surface area contributed by atoms with Crippen molar-refractivity contribution in [2.24, 2.45) is 0 Å². The van der Waals surface area contributed by atoms with Gasteiger partial charge in [0, 0.05) is 0 Å². The van der Waals surface area contributed by atoms with Crippen molar-refractivity contribution < 1.29 is 0 Å². The van der Waals surface area contributed by atoms with E-state index < -0.39 is 0 Å². The normalized spacial score (nSPS) is 10.2. The lowest BCUT2D eigenvalue weighted by molar-refractivity contribution is 1.42. The maximum Gasteiger partial charge on any atom is 0.181 e. The quantitative estimate of drug-likeness (QED) is 0.690. The molecule has 0 spiro atoms. The lowest BCUT2D eigenvalue weighted by atomic mass is 10.1. The first-order valence-corrected chi connectivity index (χ1v) is 4.59. The van der Waals surface area contributed by atoms with Crippen molar-refractivity contribution in [2.45, 2.75) is 6.92 Å². The van der Waals surface area contributed by atoms with Crippen molar-refractivity contribution in [1.82, 2.24) is 4.98 Å². The Balaban J connectivity index is 2.94. The molecule has 0 bridgehead atoms. The van der Waals surface area contributed by atoms with Crippen molar-refractivity contribution in [1.29, 1.82) is 5.26 Å². The largest absolute Gasteiger partial charge is 0.375 e. The van der Waals surface area contributed by atoms with E-state index in [-0.39, 0.29) is 0 Å². The molecular weight excluding hydrogens is 182 g/mol. The first-order valence-electron chi connectivity index (χ1n) is 3.78. The fourth-order valence-electron chi connectivity index (χ4n) is 1.24. The molecule has 0 amide bonds. The molecule has 0 saturated carbocycles.